The predicted octanol–water partition coefficient (Wildman–Crippen LogP) is 2.45. The maximum Gasteiger partial charge on any atom is 0.256 e. The van der Waals surface area contributed by atoms with Crippen molar-refractivity contribution in [2.75, 3.05) is 13.1 Å². The number of carbonyl (C=O) groups excluding carboxylic acids is 2. The molecule has 3 rings (SSSR count). The van der Waals surface area contributed by atoms with Crippen LogP contribution in [0.25, 0.3) is 0 Å². The van der Waals surface area contributed by atoms with Crippen molar-refractivity contribution in [1.82, 2.24) is 10.2 Å². The Hall–Kier alpha value is -1.30. The summed E-state index contributed by atoms with van der Waals surface area (Å²) in [7, 11) is 0. The fourth-order valence-corrected chi connectivity index (χ4v) is 3.62. The molecule has 0 radical (unpaired) electrons. The van der Waals surface area contributed by atoms with Crippen LogP contribution in [-0.2, 0) is 4.79 Å². The smallest absolute Gasteiger partial charge is 0.256 e. The fraction of sp³-hybridized carbons (Fsp3) is 0.529. The zero-order valence-corrected chi connectivity index (χ0v) is 14.8. The minimum absolute atomic E-state index is 0.00445. The summed E-state index contributed by atoms with van der Waals surface area (Å²) in [5.74, 6) is 0.101. The molecule has 2 atom stereocenters. The molecule has 130 valence electrons. The van der Waals surface area contributed by atoms with E-state index >= 15 is 0 Å². The summed E-state index contributed by atoms with van der Waals surface area (Å²) in [6.45, 7) is 0.966. The normalized spacial score (nSPS) is 21.6. The first-order valence-electron chi connectivity index (χ1n) is 8.27. The van der Waals surface area contributed by atoms with Crippen LogP contribution in [0.15, 0.2) is 18.2 Å². The molecule has 2 amide bonds. The van der Waals surface area contributed by atoms with Gasteiger partial charge in [0.05, 0.1) is 10.6 Å². The van der Waals surface area contributed by atoms with Crippen molar-refractivity contribution >= 4 is 35.0 Å². The third-order valence-electron chi connectivity index (χ3n) is 4.75. The Morgan fingerprint density at radius 2 is 2.04 bits per heavy atom. The number of hydrogen-bond donors (Lipinski definition) is 2. The van der Waals surface area contributed by atoms with E-state index in [2.05, 4.69) is 5.32 Å². The highest BCUT2D eigenvalue weighted by Gasteiger charge is 2.38. The third-order valence-corrected chi connectivity index (χ3v) is 5.31. The molecule has 1 aromatic rings. The minimum atomic E-state index is -0.472. The number of nitrogens with one attached hydrogen (secondary N) is 1. The average molecular weight is 370 g/mol. The van der Waals surface area contributed by atoms with Gasteiger partial charge in [-0.1, -0.05) is 23.2 Å². The molecule has 2 fully saturated rings. The minimum Gasteiger partial charge on any atom is -0.350 e. The topological polar surface area (TPSA) is 75.4 Å². The molecule has 3 N–H and O–H groups in total. The van der Waals surface area contributed by atoms with Gasteiger partial charge in [-0.2, -0.15) is 0 Å². The number of hydrogen-bond acceptors (Lipinski definition) is 3. The van der Waals surface area contributed by atoms with Gasteiger partial charge in [0.15, 0.2) is 0 Å². The van der Waals surface area contributed by atoms with E-state index in [9.17, 15) is 9.59 Å². The summed E-state index contributed by atoms with van der Waals surface area (Å²) < 4.78 is 0. The van der Waals surface area contributed by atoms with Gasteiger partial charge in [-0.25, -0.2) is 0 Å². The van der Waals surface area contributed by atoms with Gasteiger partial charge in [-0.05, 0) is 49.8 Å². The molecular weight excluding hydrogens is 349 g/mol. The molecule has 1 aliphatic heterocycles. The van der Waals surface area contributed by atoms with Gasteiger partial charge < -0.3 is 16.0 Å². The van der Waals surface area contributed by atoms with Gasteiger partial charge in [0, 0.05) is 24.2 Å². The zero-order valence-electron chi connectivity index (χ0n) is 13.3. The second-order valence-corrected chi connectivity index (χ2v) is 7.31. The van der Waals surface area contributed by atoms with Crippen LogP contribution in [0.4, 0.5) is 0 Å². The number of benzene rings is 1. The van der Waals surface area contributed by atoms with E-state index in [0.717, 1.165) is 19.3 Å². The monoisotopic (exact) mass is 369 g/mol. The van der Waals surface area contributed by atoms with Gasteiger partial charge in [-0.15, -0.1) is 0 Å². The highest BCUT2D eigenvalue weighted by atomic mass is 35.5. The van der Waals surface area contributed by atoms with Crippen LogP contribution < -0.4 is 11.1 Å². The van der Waals surface area contributed by atoms with E-state index in [1.165, 1.54) is 0 Å². The van der Waals surface area contributed by atoms with E-state index in [1.54, 1.807) is 23.1 Å². The summed E-state index contributed by atoms with van der Waals surface area (Å²) in [6.07, 6.45) is 3.65. The fourth-order valence-electron chi connectivity index (χ4n) is 3.25. The van der Waals surface area contributed by atoms with Gasteiger partial charge in [0.25, 0.3) is 5.91 Å². The molecule has 2 unspecified atom stereocenters. The van der Waals surface area contributed by atoms with Crippen molar-refractivity contribution in [1.29, 1.82) is 0 Å². The number of carbonyl (C=O) groups is 2. The third kappa shape index (κ3) is 3.68. The number of nitrogens with two attached hydrogens (primary N) is 1. The van der Waals surface area contributed by atoms with Crippen LogP contribution in [0.1, 0.15) is 36.0 Å². The first-order valence-corrected chi connectivity index (χ1v) is 9.03. The number of likely N-dealkylation sites (tertiary alicyclic amines) is 1. The maximum atomic E-state index is 12.8. The van der Waals surface area contributed by atoms with Crippen molar-refractivity contribution in [2.24, 2.45) is 11.7 Å². The van der Waals surface area contributed by atoms with Gasteiger partial charge >= 0.3 is 0 Å². The van der Waals surface area contributed by atoms with Crippen molar-refractivity contribution in [2.45, 2.75) is 37.8 Å². The number of halogens is 2. The summed E-state index contributed by atoms with van der Waals surface area (Å²) in [4.78, 5) is 27.0. The molecule has 2 aliphatic rings. The number of nitrogens with zero attached hydrogens (tertiary/aromatic N) is 1. The van der Waals surface area contributed by atoms with E-state index < -0.39 is 6.04 Å². The molecule has 0 aromatic heterocycles. The lowest BCUT2D eigenvalue weighted by atomic mass is 10.1. The Labute approximate surface area is 151 Å². The largest absolute Gasteiger partial charge is 0.350 e. The molecule has 1 aliphatic carbocycles. The summed E-state index contributed by atoms with van der Waals surface area (Å²) in [5.41, 5.74) is 6.09. The molecule has 0 bridgehead atoms. The second kappa shape index (κ2) is 7.30. The first kappa shape index (κ1) is 17.5. The van der Waals surface area contributed by atoms with E-state index in [4.69, 9.17) is 28.9 Å². The Bertz CT molecular complexity index is 649. The Morgan fingerprint density at radius 3 is 2.71 bits per heavy atom. The molecule has 1 heterocycles. The van der Waals surface area contributed by atoms with Crippen molar-refractivity contribution in [3.05, 3.63) is 33.8 Å². The molecule has 5 nitrogen and oxygen atoms in total. The lowest BCUT2D eigenvalue weighted by Crippen LogP contribution is -2.51. The molecule has 1 saturated carbocycles. The van der Waals surface area contributed by atoms with Crippen molar-refractivity contribution in [3.63, 3.8) is 0 Å². The van der Waals surface area contributed by atoms with E-state index in [1.807, 2.05) is 0 Å². The zero-order chi connectivity index (χ0) is 17.3. The summed E-state index contributed by atoms with van der Waals surface area (Å²) in [6, 6.07) is 4.31. The van der Waals surface area contributed by atoms with E-state index in [0.29, 0.717) is 41.0 Å². The highest BCUT2D eigenvalue weighted by Crippen LogP contribution is 2.32. The molecule has 24 heavy (non-hydrogen) atoms. The molecular formula is C17H21Cl2N3O2. The Balaban J connectivity index is 1.73. The first-order chi connectivity index (χ1) is 11.5. The molecule has 7 heteroatoms. The quantitative estimate of drug-likeness (QED) is 0.836. The SMILES string of the molecule is NCC(NC(=O)C1CCCN1C(=O)c1cc(Cl)ccc1Cl)C1CC1. The summed E-state index contributed by atoms with van der Waals surface area (Å²) >= 11 is 12.1. The lowest BCUT2D eigenvalue weighted by molar-refractivity contribution is -0.125. The highest BCUT2D eigenvalue weighted by molar-refractivity contribution is 6.35. The maximum absolute atomic E-state index is 12.8. The van der Waals surface area contributed by atoms with Gasteiger partial charge in [-0.3, -0.25) is 9.59 Å². The van der Waals surface area contributed by atoms with Crippen LogP contribution in [-0.4, -0.2) is 41.9 Å². The van der Waals surface area contributed by atoms with Crippen LogP contribution >= 0.6 is 23.2 Å². The van der Waals surface area contributed by atoms with Crippen molar-refractivity contribution < 1.29 is 9.59 Å². The number of amides is 2. The van der Waals surface area contributed by atoms with E-state index in [-0.39, 0.29) is 17.9 Å². The Kier molecular flexibility index (Phi) is 5.33. The van der Waals surface area contributed by atoms with Crippen LogP contribution in [0, 0.1) is 5.92 Å². The lowest BCUT2D eigenvalue weighted by Gasteiger charge is -2.26. The average Bonchev–Trinajstić information content (AvgIpc) is 3.29. The second-order valence-electron chi connectivity index (χ2n) is 6.47. The number of rotatable bonds is 5. The van der Waals surface area contributed by atoms with Crippen LogP contribution in [0.5, 0.6) is 0 Å². The van der Waals surface area contributed by atoms with Crippen LogP contribution in [0.2, 0.25) is 10.0 Å². The predicted molar refractivity (Wildman–Crippen MR) is 94.2 cm³/mol. The van der Waals surface area contributed by atoms with Crippen molar-refractivity contribution in [3.8, 4) is 0 Å². The van der Waals surface area contributed by atoms with Gasteiger partial charge in [0.2, 0.25) is 5.91 Å². The molecule has 0 spiro atoms. The van der Waals surface area contributed by atoms with Gasteiger partial charge in [0.1, 0.15) is 6.04 Å². The summed E-state index contributed by atoms with van der Waals surface area (Å²) in [5, 5.41) is 3.80. The van der Waals surface area contributed by atoms with Crippen LogP contribution in [0.3, 0.4) is 0 Å². The Morgan fingerprint density at radius 1 is 1.29 bits per heavy atom. The standard InChI is InChI=1S/C17H21Cl2N3O2/c18-11-5-6-13(19)12(8-11)17(24)22-7-1-2-15(22)16(23)21-14(9-20)10-3-4-10/h5-6,8,10,14-15H,1-4,7,9,20H2,(H,21,23). The molecule has 1 saturated heterocycles. The molecule has 1 aromatic carbocycles.